The van der Waals surface area contributed by atoms with Gasteiger partial charge in [0.15, 0.2) is 0 Å². The SMILES string of the molecule is [CH2]C1(C)C(C)=C(C)C(C)=C1C.[Cl][Zr]([Cl])([Cl])[Cl]. The van der Waals surface area contributed by atoms with E-state index in [-0.39, 0.29) is 5.41 Å². The van der Waals surface area contributed by atoms with Gasteiger partial charge in [0.1, 0.15) is 0 Å². The third-order valence-corrected chi connectivity index (χ3v) is 3.34. The van der Waals surface area contributed by atoms with Crippen molar-refractivity contribution in [1.82, 2.24) is 0 Å². The van der Waals surface area contributed by atoms with Crippen LogP contribution < -0.4 is 0 Å². The molecular formula is C11H17Cl4Zr. The van der Waals surface area contributed by atoms with Crippen LogP contribution in [0.2, 0.25) is 0 Å². The molecule has 0 bridgehead atoms. The molecule has 0 N–H and O–H groups in total. The summed E-state index contributed by atoms with van der Waals surface area (Å²) < 4.78 is 0. The minimum absolute atomic E-state index is 0.0637. The molecule has 93 valence electrons. The third kappa shape index (κ3) is 5.03. The van der Waals surface area contributed by atoms with Crippen molar-refractivity contribution < 1.29 is 15.5 Å². The zero-order valence-electron chi connectivity index (χ0n) is 10.2. The van der Waals surface area contributed by atoms with Gasteiger partial charge in [0.2, 0.25) is 0 Å². The Morgan fingerprint density at radius 3 is 1.12 bits per heavy atom. The predicted molar refractivity (Wildman–Crippen MR) is 73.6 cm³/mol. The van der Waals surface area contributed by atoms with E-state index in [4.69, 9.17) is 34.1 Å². The zero-order valence-corrected chi connectivity index (χ0v) is 15.7. The molecule has 0 nitrogen and oxygen atoms in total. The van der Waals surface area contributed by atoms with E-state index in [0.717, 1.165) is 0 Å². The molecule has 1 aliphatic carbocycles. The van der Waals surface area contributed by atoms with Crippen LogP contribution in [0.3, 0.4) is 0 Å². The molecule has 0 spiro atoms. The Hall–Kier alpha value is 1.52. The van der Waals surface area contributed by atoms with Gasteiger partial charge in [-0.1, -0.05) is 18.1 Å². The summed E-state index contributed by atoms with van der Waals surface area (Å²) >= 11 is -3.29. The van der Waals surface area contributed by atoms with Crippen LogP contribution in [-0.2, 0) is 15.5 Å². The van der Waals surface area contributed by atoms with E-state index in [1.165, 1.54) is 22.3 Å². The van der Waals surface area contributed by atoms with Crippen LogP contribution in [0.25, 0.3) is 0 Å². The van der Waals surface area contributed by atoms with Crippen LogP contribution in [-0.4, -0.2) is 0 Å². The van der Waals surface area contributed by atoms with Gasteiger partial charge in [-0.05, 0) is 45.8 Å². The summed E-state index contributed by atoms with van der Waals surface area (Å²) in [6.07, 6.45) is 0. The fourth-order valence-electron chi connectivity index (χ4n) is 1.67. The van der Waals surface area contributed by atoms with Gasteiger partial charge in [0, 0.05) is 5.41 Å². The summed E-state index contributed by atoms with van der Waals surface area (Å²) in [6, 6.07) is 0. The number of hydrogen-bond acceptors (Lipinski definition) is 0. The Bertz CT molecular complexity index is 302. The van der Waals surface area contributed by atoms with Gasteiger partial charge in [-0.3, -0.25) is 0 Å². The summed E-state index contributed by atoms with van der Waals surface area (Å²) in [5, 5.41) is 0. The van der Waals surface area contributed by atoms with Crippen LogP contribution in [0, 0.1) is 12.3 Å². The van der Waals surface area contributed by atoms with Crippen LogP contribution in [0.4, 0.5) is 0 Å². The van der Waals surface area contributed by atoms with Gasteiger partial charge < -0.3 is 0 Å². The van der Waals surface area contributed by atoms with Crippen molar-refractivity contribution in [3.8, 4) is 0 Å². The summed E-state index contributed by atoms with van der Waals surface area (Å²) in [4.78, 5) is 0. The monoisotopic (exact) mass is 379 g/mol. The van der Waals surface area contributed by atoms with Crippen molar-refractivity contribution in [2.75, 3.05) is 0 Å². The summed E-state index contributed by atoms with van der Waals surface area (Å²) in [6.45, 7) is 15.1. The van der Waals surface area contributed by atoms with Crippen molar-refractivity contribution in [2.45, 2.75) is 34.6 Å². The van der Waals surface area contributed by atoms with Crippen molar-refractivity contribution >= 4 is 34.1 Å². The van der Waals surface area contributed by atoms with E-state index in [9.17, 15) is 0 Å². The fourth-order valence-corrected chi connectivity index (χ4v) is 1.67. The Morgan fingerprint density at radius 1 is 0.875 bits per heavy atom. The molecule has 0 aliphatic heterocycles. The second-order valence-corrected chi connectivity index (χ2v) is 26.7. The van der Waals surface area contributed by atoms with E-state index < -0.39 is 15.5 Å². The number of rotatable bonds is 0. The molecule has 1 aliphatic rings. The average Bonchev–Trinajstić information content (AvgIpc) is 2.19. The van der Waals surface area contributed by atoms with E-state index in [2.05, 4.69) is 41.5 Å². The molecule has 0 heterocycles. The number of halogens is 4. The molecule has 0 fully saturated rings. The first-order chi connectivity index (χ1) is 6.89. The first-order valence-corrected chi connectivity index (χ1v) is 17.5. The van der Waals surface area contributed by atoms with Crippen LogP contribution >= 0.6 is 34.1 Å². The molecule has 0 atom stereocenters. The van der Waals surface area contributed by atoms with Crippen LogP contribution in [0.5, 0.6) is 0 Å². The van der Waals surface area contributed by atoms with Gasteiger partial charge in [0.25, 0.3) is 0 Å². The molecule has 0 saturated carbocycles. The maximum atomic E-state index is 5.04. The molecule has 16 heavy (non-hydrogen) atoms. The molecule has 0 aromatic rings. The third-order valence-electron chi connectivity index (χ3n) is 3.34. The second-order valence-electron chi connectivity index (χ2n) is 4.26. The first kappa shape index (κ1) is 17.5. The molecule has 0 aromatic heterocycles. The Labute approximate surface area is 118 Å². The van der Waals surface area contributed by atoms with Crippen molar-refractivity contribution in [1.29, 1.82) is 0 Å². The number of allylic oxidation sites excluding steroid dienone is 4. The molecule has 0 unspecified atom stereocenters. The maximum absolute atomic E-state index is 5.04. The van der Waals surface area contributed by atoms with E-state index in [1.807, 2.05) is 0 Å². The van der Waals surface area contributed by atoms with Gasteiger partial charge in [-0.15, -0.1) is 0 Å². The van der Waals surface area contributed by atoms with Crippen LogP contribution in [0.1, 0.15) is 34.6 Å². The van der Waals surface area contributed by atoms with E-state index >= 15 is 0 Å². The quantitative estimate of drug-likeness (QED) is 0.463. The zero-order chi connectivity index (χ0) is 13.3. The van der Waals surface area contributed by atoms with Gasteiger partial charge in [-0.25, -0.2) is 0 Å². The number of hydrogen-bond donors (Lipinski definition) is 0. The van der Waals surface area contributed by atoms with E-state index in [1.54, 1.807) is 0 Å². The Balaban J connectivity index is 0.000000385. The minimum atomic E-state index is -3.29. The Morgan fingerprint density at radius 2 is 1.06 bits per heavy atom. The normalized spacial score (nSPS) is 19.9. The summed E-state index contributed by atoms with van der Waals surface area (Å²) in [7, 11) is 20.1. The molecule has 0 amide bonds. The molecular weight excluding hydrogens is 365 g/mol. The van der Waals surface area contributed by atoms with Gasteiger partial charge >= 0.3 is 49.5 Å². The molecule has 0 saturated heterocycles. The Kier molecular flexibility index (Phi) is 6.69. The van der Waals surface area contributed by atoms with Crippen molar-refractivity contribution in [3.05, 3.63) is 29.2 Å². The standard InChI is InChI=1S/C11H17.4ClH.Zr/c1-7-8(2)10(4)11(5,6)9(7)3;;;;;/h5H2,1-4,6H3;4*1H;/q;;;;;+4/p-4. The van der Waals surface area contributed by atoms with Crippen LogP contribution in [0.15, 0.2) is 22.3 Å². The molecule has 5 heteroatoms. The molecule has 0 aromatic carbocycles. The van der Waals surface area contributed by atoms with E-state index in [0.29, 0.717) is 0 Å². The topological polar surface area (TPSA) is 0 Å². The summed E-state index contributed by atoms with van der Waals surface area (Å²) in [5.41, 5.74) is 5.77. The van der Waals surface area contributed by atoms with Crippen molar-refractivity contribution in [3.63, 3.8) is 0 Å². The van der Waals surface area contributed by atoms with Crippen molar-refractivity contribution in [2.24, 2.45) is 5.41 Å². The average molecular weight is 382 g/mol. The predicted octanol–water partition coefficient (Wildman–Crippen LogP) is 6.27. The fraction of sp³-hybridized carbons (Fsp3) is 0.545. The van der Waals surface area contributed by atoms with Gasteiger partial charge in [0.05, 0.1) is 0 Å². The van der Waals surface area contributed by atoms with Gasteiger partial charge in [-0.2, -0.15) is 0 Å². The summed E-state index contributed by atoms with van der Waals surface area (Å²) in [5.74, 6) is 0. The molecule has 1 rings (SSSR count). The first-order valence-electron chi connectivity index (χ1n) is 4.86. The second kappa shape index (κ2) is 6.11. The molecule has 1 radical (unpaired) electrons.